The number of amides is 2. The summed E-state index contributed by atoms with van der Waals surface area (Å²) in [5.41, 5.74) is 1.26. The highest BCUT2D eigenvalue weighted by molar-refractivity contribution is 6.18. The molecule has 2 rings (SSSR count). The number of carbonyl (C=O) groups excluding carboxylic acids is 2. The molecule has 0 unspecified atom stereocenters. The van der Waals surface area contributed by atoms with Crippen molar-refractivity contribution in [3.63, 3.8) is 0 Å². The van der Waals surface area contributed by atoms with Crippen LogP contribution in [0.3, 0.4) is 0 Å². The van der Waals surface area contributed by atoms with E-state index < -0.39 is 5.60 Å². The van der Waals surface area contributed by atoms with Crippen LogP contribution in [0.25, 0.3) is 0 Å². The average Bonchev–Trinajstić information content (AvgIpc) is 2.85. The molecule has 8 heteroatoms. The van der Waals surface area contributed by atoms with E-state index in [2.05, 4.69) is 15.5 Å². The molecule has 2 amide bonds. The summed E-state index contributed by atoms with van der Waals surface area (Å²) in [5.74, 6) is 0.898. The number of rotatable bonds is 4. The third-order valence-electron chi connectivity index (χ3n) is 3.38. The fourth-order valence-corrected chi connectivity index (χ4v) is 2.46. The van der Waals surface area contributed by atoms with Crippen molar-refractivity contribution in [1.82, 2.24) is 15.1 Å². The average molecular weight is 343 g/mol. The molecular weight excluding hydrogens is 320 g/mol. The van der Waals surface area contributed by atoms with Crippen LogP contribution in [0, 0.1) is 0 Å². The van der Waals surface area contributed by atoms with Crippen LogP contribution in [-0.4, -0.2) is 45.1 Å². The second-order valence-electron chi connectivity index (χ2n) is 6.52. The number of hydrogen-bond donors (Lipinski definition) is 2. The molecule has 0 spiro atoms. The van der Waals surface area contributed by atoms with Crippen molar-refractivity contribution in [2.45, 2.75) is 52.2 Å². The lowest BCUT2D eigenvalue weighted by Gasteiger charge is -2.29. The molecule has 0 aromatic carbocycles. The largest absolute Gasteiger partial charge is 0.444 e. The summed E-state index contributed by atoms with van der Waals surface area (Å²) in [4.78, 5) is 25.5. The number of ether oxygens (including phenoxy) is 1. The fraction of sp³-hybridized carbons (Fsp3) is 0.667. The Morgan fingerprint density at radius 2 is 2.17 bits per heavy atom. The zero-order chi connectivity index (χ0) is 17.0. The Kier molecular flexibility index (Phi) is 5.51. The number of fused-ring (bicyclic) bond motifs is 1. The lowest BCUT2D eigenvalue weighted by molar-refractivity contribution is -0.116. The van der Waals surface area contributed by atoms with E-state index in [4.69, 9.17) is 16.3 Å². The van der Waals surface area contributed by atoms with Gasteiger partial charge in [0.15, 0.2) is 5.82 Å². The Bertz CT molecular complexity index is 580. The predicted molar refractivity (Wildman–Crippen MR) is 87.5 cm³/mol. The van der Waals surface area contributed by atoms with Gasteiger partial charge in [-0.1, -0.05) is 0 Å². The highest BCUT2D eigenvalue weighted by Crippen LogP contribution is 2.25. The zero-order valence-electron chi connectivity index (χ0n) is 13.7. The normalized spacial score (nSPS) is 14.3. The first-order chi connectivity index (χ1) is 10.8. The maximum Gasteiger partial charge on any atom is 0.410 e. The van der Waals surface area contributed by atoms with Crippen LogP contribution < -0.4 is 5.32 Å². The van der Waals surface area contributed by atoms with E-state index in [9.17, 15) is 9.59 Å². The van der Waals surface area contributed by atoms with E-state index in [-0.39, 0.29) is 12.0 Å². The van der Waals surface area contributed by atoms with Crippen molar-refractivity contribution in [3.05, 3.63) is 11.3 Å². The monoisotopic (exact) mass is 342 g/mol. The number of alkyl halides is 1. The summed E-state index contributed by atoms with van der Waals surface area (Å²) in [5, 5.41) is 9.83. The van der Waals surface area contributed by atoms with Crippen LogP contribution in [0.15, 0.2) is 0 Å². The summed E-state index contributed by atoms with van der Waals surface area (Å²) in [7, 11) is 0. The summed E-state index contributed by atoms with van der Waals surface area (Å²) in [6.45, 7) is 6.45. The van der Waals surface area contributed by atoms with Crippen LogP contribution >= 0.6 is 11.6 Å². The van der Waals surface area contributed by atoms with Gasteiger partial charge in [-0.15, -0.1) is 11.6 Å². The molecule has 23 heavy (non-hydrogen) atoms. The van der Waals surface area contributed by atoms with Gasteiger partial charge in [0.05, 0.1) is 12.2 Å². The van der Waals surface area contributed by atoms with Gasteiger partial charge in [-0.2, -0.15) is 5.10 Å². The van der Waals surface area contributed by atoms with Crippen molar-refractivity contribution in [2.24, 2.45) is 0 Å². The number of halogens is 1. The maximum absolute atomic E-state index is 12.1. The smallest absolute Gasteiger partial charge is 0.410 e. The molecule has 0 fully saturated rings. The molecule has 0 radical (unpaired) electrons. The van der Waals surface area contributed by atoms with Crippen LogP contribution in [0.4, 0.5) is 10.6 Å². The summed E-state index contributed by atoms with van der Waals surface area (Å²) >= 11 is 5.58. The molecule has 0 saturated heterocycles. The Balaban J connectivity index is 1.98. The third-order valence-corrected chi connectivity index (χ3v) is 3.65. The lowest BCUT2D eigenvalue weighted by Crippen LogP contribution is -2.39. The van der Waals surface area contributed by atoms with Crippen LogP contribution in [0.2, 0.25) is 0 Å². The number of carbonyl (C=O) groups is 2. The first kappa shape index (κ1) is 17.6. The Labute approximate surface area is 140 Å². The number of aromatic amines is 1. The van der Waals surface area contributed by atoms with Gasteiger partial charge in [0.1, 0.15) is 5.60 Å². The van der Waals surface area contributed by atoms with Gasteiger partial charge in [0.25, 0.3) is 0 Å². The van der Waals surface area contributed by atoms with Gasteiger partial charge < -0.3 is 15.0 Å². The highest BCUT2D eigenvalue weighted by atomic mass is 35.5. The molecular formula is C15H23ClN4O3. The van der Waals surface area contributed by atoms with Gasteiger partial charge in [-0.3, -0.25) is 9.89 Å². The fourth-order valence-electron chi connectivity index (χ4n) is 2.33. The second kappa shape index (κ2) is 7.21. The van der Waals surface area contributed by atoms with E-state index in [1.165, 1.54) is 0 Å². The molecule has 7 nitrogen and oxygen atoms in total. The molecule has 2 N–H and O–H groups in total. The number of aromatic nitrogens is 2. The second-order valence-corrected chi connectivity index (χ2v) is 6.90. The van der Waals surface area contributed by atoms with Crippen LogP contribution in [0.5, 0.6) is 0 Å². The molecule has 1 aromatic heterocycles. The van der Waals surface area contributed by atoms with Crippen molar-refractivity contribution in [2.75, 3.05) is 17.7 Å². The summed E-state index contributed by atoms with van der Waals surface area (Å²) < 4.78 is 5.38. The molecule has 0 atom stereocenters. The highest BCUT2D eigenvalue weighted by Gasteiger charge is 2.28. The zero-order valence-corrected chi connectivity index (χ0v) is 14.5. The first-order valence-electron chi connectivity index (χ1n) is 7.70. The summed E-state index contributed by atoms with van der Waals surface area (Å²) in [6, 6.07) is 0. The molecule has 0 bridgehead atoms. The molecule has 128 valence electrons. The maximum atomic E-state index is 12.1. The van der Waals surface area contributed by atoms with Gasteiger partial charge in [-0.25, -0.2) is 4.79 Å². The summed E-state index contributed by atoms with van der Waals surface area (Å²) in [6.07, 6.45) is 1.28. The van der Waals surface area contributed by atoms with Crippen molar-refractivity contribution in [1.29, 1.82) is 0 Å². The van der Waals surface area contributed by atoms with E-state index in [1.54, 1.807) is 4.90 Å². The van der Waals surface area contributed by atoms with Crippen LogP contribution in [0.1, 0.15) is 44.9 Å². The van der Waals surface area contributed by atoms with E-state index >= 15 is 0 Å². The standard InChI is InChI=1S/C15H23ClN4O3/c1-15(2,3)23-14(22)20-8-6-10-11(9-20)18-19-13(10)17-12(21)5-4-7-16/h4-9H2,1-3H3,(H2,17,18,19,21). The van der Waals surface area contributed by atoms with Crippen molar-refractivity contribution in [3.8, 4) is 0 Å². The Hall–Kier alpha value is -1.76. The Morgan fingerprint density at radius 1 is 1.43 bits per heavy atom. The molecule has 1 aliphatic heterocycles. The SMILES string of the molecule is CC(C)(C)OC(=O)N1CCc2c(NC(=O)CCCCl)n[nH]c2C1. The minimum atomic E-state index is -0.521. The number of hydrogen-bond acceptors (Lipinski definition) is 4. The molecule has 1 aromatic rings. The van der Waals surface area contributed by atoms with Crippen molar-refractivity contribution < 1.29 is 14.3 Å². The van der Waals surface area contributed by atoms with Crippen LogP contribution in [-0.2, 0) is 22.5 Å². The lowest BCUT2D eigenvalue weighted by atomic mass is 10.1. The molecule has 0 aliphatic carbocycles. The minimum Gasteiger partial charge on any atom is -0.444 e. The number of H-pyrrole nitrogens is 1. The van der Waals surface area contributed by atoms with Gasteiger partial charge >= 0.3 is 6.09 Å². The van der Waals surface area contributed by atoms with E-state index in [0.29, 0.717) is 44.0 Å². The third kappa shape index (κ3) is 4.86. The predicted octanol–water partition coefficient (Wildman–Crippen LogP) is 2.66. The van der Waals surface area contributed by atoms with E-state index in [1.807, 2.05) is 20.8 Å². The van der Waals surface area contributed by atoms with Gasteiger partial charge in [0, 0.05) is 24.4 Å². The van der Waals surface area contributed by atoms with Gasteiger partial charge in [-0.05, 0) is 33.6 Å². The number of nitrogens with one attached hydrogen (secondary N) is 2. The quantitative estimate of drug-likeness (QED) is 0.823. The Morgan fingerprint density at radius 3 is 2.83 bits per heavy atom. The van der Waals surface area contributed by atoms with Crippen molar-refractivity contribution >= 4 is 29.4 Å². The molecule has 1 aliphatic rings. The number of anilines is 1. The first-order valence-corrected chi connectivity index (χ1v) is 8.23. The number of nitrogens with zero attached hydrogens (tertiary/aromatic N) is 2. The molecule has 2 heterocycles. The van der Waals surface area contributed by atoms with Gasteiger partial charge in [0.2, 0.25) is 5.91 Å². The minimum absolute atomic E-state index is 0.102. The molecule has 0 saturated carbocycles. The topological polar surface area (TPSA) is 87.3 Å². The van der Waals surface area contributed by atoms with E-state index in [0.717, 1.165) is 11.3 Å².